The standard InChI is InChI=1S/C13H24N2O3/c1-4-13(11(17)18)6-5-7-15(9-13)10(16)8-12(2,3)14/h4-9,14H2,1-3H3,(H,17,18). The topological polar surface area (TPSA) is 83.6 Å². The van der Waals surface area contributed by atoms with Crippen molar-refractivity contribution in [1.29, 1.82) is 0 Å². The van der Waals surface area contributed by atoms with E-state index < -0.39 is 16.9 Å². The second-order valence-electron chi connectivity index (χ2n) is 6.02. The van der Waals surface area contributed by atoms with Gasteiger partial charge in [-0.25, -0.2) is 0 Å². The molecule has 1 aliphatic rings. The van der Waals surface area contributed by atoms with Crippen molar-refractivity contribution < 1.29 is 14.7 Å². The summed E-state index contributed by atoms with van der Waals surface area (Å²) in [4.78, 5) is 25.2. The van der Waals surface area contributed by atoms with Crippen LogP contribution in [0.1, 0.15) is 46.5 Å². The lowest BCUT2D eigenvalue weighted by Crippen LogP contribution is -2.51. The molecule has 0 aromatic heterocycles. The fourth-order valence-electron chi connectivity index (χ4n) is 2.46. The van der Waals surface area contributed by atoms with E-state index in [4.69, 9.17) is 5.73 Å². The number of nitrogens with zero attached hydrogens (tertiary/aromatic N) is 1. The van der Waals surface area contributed by atoms with Crippen molar-refractivity contribution in [3.8, 4) is 0 Å². The van der Waals surface area contributed by atoms with Crippen LogP contribution >= 0.6 is 0 Å². The quantitative estimate of drug-likeness (QED) is 0.792. The first-order valence-electron chi connectivity index (χ1n) is 6.50. The lowest BCUT2D eigenvalue weighted by molar-refractivity contribution is -0.155. The summed E-state index contributed by atoms with van der Waals surface area (Å²) in [6, 6.07) is 0. The van der Waals surface area contributed by atoms with Gasteiger partial charge in [0.2, 0.25) is 5.91 Å². The largest absolute Gasteiger partial charge is 0.481 e. The molecule has 1 rings (SSSR count). The summed E-state index contributed by atoms with van der Waals surface area (Å²) >= 11 is 0. The van der Waals surface area contributed by atoms with Crippen molar-refractivity contribution in [2.24, 2.45) is 11.1 Å². The minimum atomic E-state index is -0.797. The Morgan fingerprint density at radius 3 is 2.50 bits per heavy atom. The molecule has 1 heterocycles. The number of carbonyl (C=O) groups is 2. The molecular formula is C13H24N2O3. The van der Waals surface area contributed by atoms with Crippen molar-refractivity contribution in [3.05, 3.63) is 0 Å². The zero-order valence-corrected chi connectivity index (χ0v) is 11.5. The van der Waals surface area contributed by atoms with Gasteiger partial charge < -0.3 is 15.7 Å². The first kappa shape index (κ1) is 15.0. The Labute approximate surface area is 108 Å². The van der Waals surface area contributed by atoms with E-state index in [1.165, 1.54) is 0 Å². The third kappa shape index (κ3) is 3.45. The summed E-state index contributed by atoms with van der Waals surface area (Å²) in [5, 5.41) is 9.36. The Balaban J connectivity index is 2.75. The predicted molar refractivity (Wildman–Crippen MR) is 69.1 cm³/mol. The van der Waals surface area contributed by atoms with Crippen LogP contribution in [0.2, 0.25) is 0 Å². The number of aliphatic carboxylic acids is 1. The van der Waals surface area contributed by atoms with E-state index in [-0.39, 0.29) is 12.3 Å². The predicted octanol–water partition coefficient (Wildman–Crippen LogP) is 1.22. The molecule has 1 saturated heterocycles. The van der Waals surface area contributed by atoms with Gasteiger partial charge in [0, 0.05) is 25.0 Å². The number of nitrogens with two attached hydrogens (primary N) is 1. The van der Waals surface area contributed by atoms with Gasteiger partial charge >= 0.3 is 5.97 Å². The Morgan fingerprint density at radius 1 is 1.44 bits per heavy atom. The normalized spacial score (nSPS) is 25.0. The molecule has 5 heteroatoms. The minimum absolute atomic E-state index is 0.0405. The molecule has 0 aromatic carbocycles. The number of carbonyl (C=O) groups excluding carboxylic acids is 1. The Hall–Kier alpha value is -1.10. The van der Waals surface area contributed by atoms with Crippen molar-refractivity contribution >= 4 is 11.9 Å². The van der Waals surface area contributed by atoms with Gasteiger partial charge in [-0.05, 0) is 33.1 Å². The van der Waals surface area contributed by atoms with Crippen LogP contribution in [0, 0.1) is 5.41 Å². The highest BCUT2D eigenvalue weighted by molar-refractivity contribution is 5.80. The lowest BCUT2D eigenvalue weighted by atomic mass is 9.77. The van der Waals surface area contributed by atoms with Gasteiger partial charge in [0.25, 0.3) is 0 Å². The van der Waals surface area contributed by atoms with Crippen molar-refractivity contribution in [3.63, 3.8) is 0 Å². The van der Waals surface area contributed by atoms with Crippen LogP contribution in [0.15, 0.2) is 0 Å². The van der Waals surface area contributed by atoms with E-state index in [9.17, 15) is 14.7 Å². The maximum absolute atomic E-state index is 12.1. The van der Waals surface area contributed by atoms with E-state index in [0.717, 1.165) is 6.42 Å². The molecule has 1 unspecified atom stereocenters. The summed E-state index contributed by atoms with van der Waals surface area (Å²) in [5.74, 6) is -0.837. The van der Waals surface area contributed by atoms with Gasteiger partial charge in [-0.3, -0.25) is 9.59 Å². The van der Waals surface area contributed by atoms with Gasteiger partial charge in [-0.2, -0.15) is 0 Å². The molecule has 0 saturated carbocycles. The molecule has 0 spiro atoms. The van der Waals surface area contributed by atoms with Crippen LogP contribution in [0.25, 0.3) is 0 Å². The average molecular weight is 256 g/mol. The number of carboxylic acid groups (broad SMARTS) is 1. The molecule has 5 nitrogen and oxygen atoms in total. The van der Waals surface area contributed by atoms with E-state index in [1.807, 2.05) is 6.92 Å². The highest BCUT2D eigenvalue weighted by atomic mass is 16.4. The number of likely N-dealkylation sites (tertiary alicyclic amines) is 1. The molecule has 0 bridgehead atoms. The van der Waals surface area contributed by atoms with Crippen molar-refractivity contribution in [2.75, 3.05) is 13.1 Å². The average Bonchev–Trinajstić information content (AvgIpc) is 2.26. The Bertz CT molecular complexity index is 336. The number of hydrogen-bond acceptors (Lipinski definition) is 3. The summed E-state index contributed by atoms with van der Waals surface area (Å²) in [7, 11) is 0. The van der Waals surface area contributed by atoms with Crippen LogP contribution in [0.5, 0.6) is 0 Å². The highest BCUT2D eigenvalue weighted by Crippen LogP contribution is 2.34. The molecule has 0 radical (unpaired) electrons. The van der Waals surface area contributed by atoms with E-state index in [1.54, 1.807) is 18.7 Å². The van der Waals surface area contributed by atoms with Gasteiger partial charge in [-0.15, -0.1) is 0 Å². The first-order chi connectivity index (χ1) is 8.20. The van der Waals surface area contributed by atoms with Crippen LogP contribution in [0.3, 0.4) is 0 Å². The van der Waals surface area contributed by atoms with Crippen LogP contribution in [-0.2, 0) is 9.59 Å². The maximum Gasteiger partial charge on any atom is 0.311 e. The molecule has 3 N–H and O–H groups in total. The lowest BCUT2D eigenvalue weighted by Gasteiger charge is -2.40. The number of hydrogen-bond donors (Lipinski definition) is 2. The van der Waals surface area contributed by atoms with Crippen LogP contribution < -0.4 is 5.73 Å². The Kier molecular flexibility index (Phi) is 4.37. The number of rotatable bonds is 4. The summed E-state index contributed by atoms with van der Waals surface area (Å²) in [6.45, 7) is 6.44. The molecule has 18 heavy (non-hydrogen) atoms. The van der Waals surface area contributed by atoms with Crippen LogP contribution in [0.4, 0.5) is 0 Å². The maximum atomic E-state index is 12.1. The molecule has 1 aliphatic heterocycles. The molecule has 1 atom stereocenters. The summed E-state index contributed by atoms with van der Waals surface area (Å²) in [5.41, 5.74) is 4.52. The zero-order chi connectivity index (χ0) is 14.0. The molecule has 104 valence electrons. The first-order valence-corrected chi connectivity index (χ1v) is 6.50. The number of piperidine rings is 1. The third-order valence-corrected chi connectivity index (χ3v) is 3.67. The van der Waals surface area contributed by atoms with Gasteiger partial charge in [-0.1, -0.05) is 6.92 Å². The fourth-order valence-corrected chi connectivity index (χ4v) is 2.46. The Morgan fingerprint density at radius 2 is 2.06 bits per heavy atom. The van der Waals surface area contributed by atoms with E-state index >= 15 is 0 Å². The van der Waals surface area contributed by atoms with E-state index in [2.05, 4.69) is 0 Å². The second-order valence-corrected chi connectivity index (χ2v) is 6.02. The monoisotopic (exact) mass is 256 g/mol. The molecular weight excluding hydrogens is 232 g/mol. The highest BCUT2D eigenvalue weighted by Gasteiger charge is 2.42. The fraction of sp³-hybridized carbons (Fsp3) is 0.846. The minimum Gasteiger partial charge on any atom is -0.481 e. The van der Waals surface area contributed by atoms with Crippen LogP contribution in [-0.4, -0.2) is 40.5 Å². The summed E-state index contributed by atoms with van der Waals surface area (Å²) < 4.78 is 0. The second kappa shape index (κ2) is 5.26. The number of amides is 1. The van der Waals surface area contributed by atoms with Gasteiger partial charge in [0.1, 0.15) is 0 Å². The molecule has 0 aromatic rings. The molecule has 0 aliphatic carbocycles. The molecule has 1 amide bonds. The number of carboxylic acids is 1. The van der Waals surface area contributed by atoms with Crippen molar-refractivity contribution in [2.45, 2.75) is 52.0 Å². The van der Waals surface area contributed by atoms with Gasteiger partial charge in [0.05, 0.1) is 5.41 Å². The zero-order valence-electron chi connectivity index (χ0n) is 11.5. The van der Waals surface area contributed by atoms with Gasteiger partial charge in [0.15, 0.2) is 0 Å². The SMILES string of the molecule is CCC1(C(=O)O)CCCN(C(=O)CC(C)(C)N)C1. The smallest absolute Gasteiger partial charge is 0.311 e. The summed E-state index contributed by atoms with van der Waals surface area (Å²) in [6.07, 6.45) is 2.20. The third-order valence-electron chi connectivity index (χ3n) is 3.67. The van der Waals surface area contributed by atoms with Crippen molar-refractivity contribution in [1.82, 2.24) is 4.90 Å². The molecule has 1 fully saturated rings. The van der Waals surface area contributed by atoms with E-state index in [0.29, 0.717) is 25.9 Å².